The second-order valence-corrected chi connectivity index (χ2v) is 6.45. The van der Waals surface area contributed by atoms with E-state index in [4.69, 9.17) is 10.7 Å². The van der Waals surface area contributed by atoms with Gasteiger partial charge in [0.15, 0.2) is 0 Å². The van der Waals surface area contributed by atoms with Crippen molar-refractivity contribution in [2.45, 2.75) is 18.3 Å². The smallest absolute Gasteiger partial charge is 0.0969 e. The minimum atomic E-state index is 0.564. The Bertz CT molecular complexity index is 764. The van der Waals surface area contributed by atoms with E-state index >= 15 is 0 Å². The molecule has 0 radical (unpaired) electrons. The van der Waals surface area contributed by atoms with Gasteiger partial charge in [0.1, 0.15) is 0 Å². The Labute approximate surface area is 128 Å². The summed E-state index contributed by atoms with van der Waals surface area (Å²) in [5, 5.41) is 3.42. The van der Waals surface area contributed by atoms with Crippen molar-refractivity contribution in [2.24, 2.45) is 0 Å². The molecule has 0 spiro atoms. The summed E-state index contributed by atoms with van der Waals surface area (Å²) >= 11 is 1.78. The Kier molecular flexibility index (Phi) is 3.00. The molecule has 2 nitrogen and oxygen atoms in total. The number of rotatable bonds is 3. The topological polar surface area (TPSA) is 38.9 Å². The molecule has 2 N–H and O–H groups in total. The fraction of sp³-hybridized carbons (Fsp3) is 0.167. The maximum absolute atomic E-state index is 5.88. The van der Waals surface area contributed by atoms with Crippen molar-refractivity contribution in [3.63, 3.8) is 0 Å². The molecule has 3 heteroatoms. The third-order valence-corrected chi connectivity index (χ3v) is 5.01. The van der Waals surface area contributed by atoms with Crippen LogP contribution in [0.5, 0.6) is 0 Å². The quantitative estimate of drug-likeness (QED) is 0.713. The molecular weight excluding hydrogens is 276 g/mol. The third-order valence-electron chi connectivity index (χ3n) is 4.04. The van der Waals surface area contributed by atoms with Gasteiger partial charge in [0.2, 0.25) is 0 Å². The molecule has 2 aromatic carbocycles. The molecular formula is C18H16N2S. The highest BCUT2D eigenvalue weighted by Gasteiger charge is 2.41. The average Bonchev–Trinajstić information content (AvgIpc) is 3.17. The van der Waals surface area contributed by atoms with Gasteiger partial charge in [-0.2, -0.15) is 0 Å². The van der Waals surface area contributed by atoms with Crippen LogP contribution in [0.3, 0.4) is 0 Å². The third kappa shape index (κ3) is 2.45. The molecule has 3 aromatic rings. The molecule has 4 rings (SSSR count). The van der Waals surface area contributed by atoms with Gasteiger partial charge in [-0.3, -0.25) is 0 Å². The monoisotopic (exact) mass is 292 g/mol. The highest BCUT2D eigenvalue weighted by molar-refractivity contribution is 7.10. The predicted molar refractivity (Wildman–Crippen MR) is 88.5 cm³/mol. The second kappa shape index (κ2) is 5.01. The number of benzene rings is 2. The zero-order valence-corrected chi connectivity index (χ0v) is 12.4. The van der Waals surface area contributed by atoms with Gasteiger partial charge in [-0.15, -0.1) is 11.3 Å². The van der Waals surface area contributed by atoms with Crippen LogP contribution in [-0.4, -0.2) is 4.98 Å². The Morgan fingerprint density at radius 3 is 2.67 bits per heavy atom. The molecule has 1 heterocycles. The predicted octanol–water partition coefficient (Wildman–Crippen LogP) is 4.66. The number of hydrogen-bond acceptors (Lipinski definition) is 3. The molecule has 1 saturated carbocycles. The van der Waals surface area contributed by atoms with E-state index in [0.717, 1.165) is 11.4 Å². The summed E-state index contributed by atoms with van der Waals surface area (Å²) < 4.78 is 0. The molecule has 21 heavy (non-hydrogen) atoms. The average molecular weight is 292 g/mol. The summed E-state index contributed by atoms with van der Waals surface area (Å²) in [4.78, 5) is 4.83. The minimum Gasteiger partial charge on any atom is -0.399 e. The van der Waals surface area contributed by atoms with Crippen LogP contribution in [0.4, 0.5) is 5.69 Å². The number of nitrogens with zero attached hydrogens (tertiary/aromatic N) is 1. The first-order chi connectivity index (χ1) is 10.3. The fourth-order valence-electron chi connectivity index (χ4n) is 2.83. The second-order valence-electron chi connectivity index (χ2n) is 5.56. The Hall–Kier alpha value is -2.13. The van der Waals surface area contributed by atoms with Crippen LogP contribution in [0.2, 0.25) is 0 Å². The molecule has 0 saturated heterocycles. The molecule has 1 fully saturated rings. The normalized spacial score (nSPS) is 20.4. The van der Waals surface area contributed by atoms with Crippen molar-refractivity contribution >= 4 is 17.0 Å². The summed E-state index contributed by atoms with van der Waals surface area (Å²) in [5.41, 5.74) is 10.4. The summed E-state index contributed by atoms with van der Waals surface area (Å²) in [6, 6.07) is 18.6. The van der Waals surface area contributed by atoms with Crippen molar-refractivity contribution in [3.05, 3.63) is 70.5 Å². The lowest BCUT2D eigenvalue weighted by Crippen LogP contribution is -1.88. The van der Waals surface area contributed by atoms with E-state index < -0.39 is 0 Å². The van der Waals surface area contributed by atoms with Crippen LogP contribution in [0.1, 0.15) is 28.8 Å². The number of nitrogen functional groups attached to an aromatic ring is 1. The maximum atomic E-state index is 5.88. The number of nitrogens with two attached hydrogens (primary N) is 1. The first-order valence-corrected chi connectivity index (χ1v) is 8.05. The van der Waals surface area contributed by atoms with E-state index in [0.29, 0.717) is 11.8 Å². The Morgan fingerprint density at radius 2 is 1.86 bits per heavy atom. The lowest BCUT2D eigenvalue weighted by atomic mass is 10.1. The number of hydrogen-bond donors (Lipinski definition) is 1. The van der Waals surface area contributed by atoms with E-state index in [2.05, 4.69) is 41.8 Å². The van der Waals surface area contributed by atoms with Crippen LogP contribution < -0.4 is 5.73 Å². The highest BCUT2D eigenvalue weighted by Crippen LogP contribution is 2.55. The molecule has 1 aliphatic carbocycles. The van der Waals surface area contributed by atoms with E-state index in [1.807, 2.05) is 18.2 Å². The van der Waals surface area contributed by atoms with E-state index in [-0.39, 0.29) is 0 Å². The van der Waals surface area contributed by atoms with Crippen LogP contribution in [0.25, 0.3) is 11.3 Å². The van der Waals surface area contributed by atoms with Crippen molar-refractivity contribution in [3.8, 4) is 11.3 Å². The van der Waals surface area contributed by atoms with Gasteiger partial charge in [-0.1, -0.05) is 42.5 Å². The molecule has 0 aliphatic heterocycles. The first-order valence-electron chi connectivity index (χ1n) is 7.17. The van der Waals surface area contributed by atoms with Crippen molar-refractivity contribution < 1.29 is 0 Å². The molecule has 1 aliphatic rings. The van der Waals surface area contributed by atoms with Crippen molar-refractivity contribution in [1.82, 2.24) is 4.98 Å². The van der Waals surface area contributed by atoms with Gasteiger partial charge in [0.05, 0.1) is 10.7 Å². The zero-order chi connectivity index (χ0) is 14.2. The minimum absolute atomic E-state index is 0.564. The largest absolute Gasteiger partial charge is 0.399 e. The Balaban J connectivity index is 1.56. The van der Waals surface area contributed by atoms with Gasteiger partial charge in [0.25, 0.3) is 0 Å². The number of anilines is 1. The van der Waals surface area contributed by atoms with Gasteiger partial charge < -0.3 is 5.73 Å². The standard InChI is InChI=1S/C18H16N2S/c19-14-8-4-7-13(9-14)15-10-16(15)18-20-17(11-21-18)12-5-2-1-3-6-12/h1-9,11,15-16H,10,19H2. The molecule has 0 amide bonds. The molecule has 1 aromatic heterocycles. The van der Waals surface area contributed by atoms with E-state index in [1.54, 1.807) is 11.3 Å². The summed E-state index contributed by atoms with van der Waals surface area (Å²) in [6.45, 7) is 0. The van der Waals surface area contributed by atoms with Crippen LogP contribution in [0, 0.1) is 0 Å². The molecule has 104 valence electrons. The molecule has 2 atom stereocenters. The highest BCUT2D eigenvalue weighted by atomic mass is 32.1. The lowest BCUT2D eigenvalue weighted by Gasteiger charge is -2.00. The molecule has 0 bridgehead atoms. The van der Waals surface area contributed by atoms with Crippen LogP contribution in [0.15, 0.2) is 60.0 Å². The van der Waals surface area contributed by atoms with E-state index in [9.17, 15) is 0 Å². The summed E-state index contributed by atoms with van der Waals surface area (Å²) in [5.74, 6) is 1.15. The van der Waals surface area contributed by atoms with E-state index in [1.165, 1.54) is 22.6 Å². The van der Waals surface area contributed by atoms with Crippen LogP contribution >= 0.6 is 11.3 Å². The Morgan fingerprint density at radius 1 is 1.00 bits per heavy atom. The number of aromatic nitrogens is 1. The SMILES string of the molecule is Nc1cccc(C2CC2c2nc(-c3ccccc3)cs2)c1. The zero-order valence-electron chi connectivity index (χ0n) is 11.6. The maximum Gasteiger partial charge on any atom is 0.0969 e. The summed E-state index contributed by atoms with van der Waals surface area (Å²) in [7, 11) is 0. The van der Waals surface area contributed by atoms with Gasteiger partial charge in [-0.25, -0.2) is 4.98 Å². The van der Waals surface area contributed by atoms with Crippen LogP contribution in [-0.2, 0) is 0 Å². The molecule has 2 unspecified atom stereocenters. The summed E-state index contributed by atoms with van der Waals surface area (Å²) in [6.07, 6.45) is 1.19. The van der Waals surface area contributed by atoms with Crippen molar-refractivity contribution in [2.75, 3.05) is 5.73 Å². The van der Waals surface area contributed by atoms with Gasteiger partial charge in [0, 0.05) is 22.5 Å². The lowest BCUT2D eigenvalue weighted by molar-refractivity contribution is 1.01. The number of thiazole rings is 1. The van der Waals surface area contributed by atoms with Gasteiger partial charge in [-0.05, 0) is 30.0 Å². The fourth-order valence-corrected chi connectivity index (χ4v) is 3.83. The van der Waals surface area contributed by atoms with Crippen molar-refractivity contribution in [1.29, 1.82) is 0 Å². The first kappa shape index (κ1) is 12.6. The van der Waals surface area contributed by atoms with Gasteiger partial charge >= 0.3 is 0 Å².